The zero-order valence-electron chi connectivity index (χ0n) is 8.00. The van der Waals surface area contributed by atoms with E-state index in [4.69, 9.17) is 11.5 Å². The Kier molecular flexibility index (Phi) is 3.85. The third-order valence-corrected chi connectivity index (χ3v) is 2.67. The van der Waals surface area contributed by atoms with Crippen LogP contribution in [0.4, 0.5) is 0 Å². The van der Waals surface area contributed by atoms with E-state index in [9.17, 15) is 9.59 Å². The van der Waals surface area contributed by atoms with Gasteiger partial charge in [0, 0.05) is 4.47 Å². The van der Waals surface area contributed by atoms with Crippen LogP contribution < -0.4 is 11.5 Å². The third kappa shape index (κ3) is 3.36. The summed E-state index contributed by atoms with van der Waals surface area (Å²) in [6.07, 6.45) is 0.214. The minimum absolute atomic E-state index is 0.101. The van der Waals surface area contributed by atoms with Gasteiger partial charge < -0.3 is 11.5 Å². The molecule has 0 unspecified atom stereocenters. The fourth-order valence-electron chi connectivity index (χ4n) is 1.33. The number of benzene rings is 1. The van der Waals surface area contributed by atoms with Gasteiger partial charge in [-0.3, -0.25) is 9.59 Å². The number of halogens is 1. The first-order valence-corrected chi connectivity index (χ1v) is 5.13. The van der Waals surface area contributed by atoms with Crippen LogP contribution in [0.15, 0.2) is 22.7 Å². The molecule has 0 radical (unpaired) electrons. The molecule has 4 nitrogen and oxygen atoms in total. The van der Waals surface area contributed by atoms with Crippen molar-refractivity contribution in [3.63, 3.8) is 0 Å². The van der Waals surface area contributed by atoms with E-state index in [2.05, 4.69) is 15.9 Å². The normalized spacial score (nSPS) is 9.93. The smallest absolute Gasteiger partial charge is 0.221 e. The number of primary amides is 2. The number of rotatable bonds is 4. The van der Waals surface area contributed by atoms with Crippen molar-refractivity contribution in [1.29, 1.82) is 0 Å². The summed E-state index contributed by atoms with van der Waals surface area (Å²) < 4.78 is 0.764. The van der Waals surface area contributed by atoms with Crippen LogP contribution in [0.2, 0.25) is 0 Å². The zero-order valence-corrected chi connectivity index (χ0v) is 9.58. The topological polar surface area (TPSA) is 86.2 Å². The van der Waals surface area contributed by atoms with Gasteiger partial charge in [0.25, 0.3) is 0 Å². The highest BCUT2D eigenvalue weighted by atomic mass is 79.9. The van der Waals surface area contributed by atoms with Gasteiger partial charge in [0.1, 0.15) is 0 Å². The quantitative estimate of drug-likeness (QED) is 0.835. The van der Waals surface area contributed by atoms with Gasteiger partial charge in [0.15, 0.2) is 0 Å². The summed E-state index contributed by atoms with van der Waals surface area (Å²) in [6.45, 7) is 0. The van der Waals surface area contributed by atoms with Crippen LogP contribution in [-0.4, -0.2) is 11.8 Å². The molecule has 0 atom stereocenters. The van der Waals surface area contributed by atoms with E-state index in [1.54, 1.807) is 18.2 Å². The Hall–Kier alpha value is -1.36. The molecule has 1 aromatic carbocycles. The summed E-state index contributed by atoms with van der Waals surface area (Å²) >= 11 is 3.31. The molecule has 0 aliphatic rings. The standard InChI is InChI=1S/C10H11BrN2O2/c11-8-3-1-2-6(4-9(12)14)7(8)5-10(13)15/h1-3H,4-5H2,(H2,12,14)(H2,13,15). The summed E-state index contributed by atoms with van der Waals surface area (Å²) in [5.74, 6) is -0.869. The first kappa shape index (κ1) is 11.7. The molecule has 0 aliphatic heterocycles. The number of hydrogen-bond donors (Lipinski definition) is 2. The summed E-state index contributed by atoms with van der Waals surface area (Å²) in [6, 6.07) is 5.34. The second-order valence-electron chi connectivity index (χ2n) is 3.16. The lowest BCUT2D eigenvalue weighted by atomic mass is 10.0. The van der Waals surface area contributed by atoms with Gasteiger partial charge in [-0.05, 0) is 17.2 Å². The molecule has 0 saturated heterocycles. The van der Waals surface area contributed by atoms with Crippen molar-refractivity contribution >= 4 is 27.7 Å². The van der Waals surface area contributed by atoms with E-state index in [1.165, 1.54) is 0 Å². The van der Waals surface area contributed by atoms with Gasteiger partial charge in [-0.25, -0.2) is 0 Å². The first-order chi connectivity index (χ1) is 7.00. The molecular formula is C10H11BrN2O2. The number of hydrogen-bond acceptors (Lipinski definition) is 2. The lowest BCUT2D eigenvalue weighted by Crippen LogP contribution is -2.18. The Morgan fingerprint density at radius 3 is 2.27 bits per heavy atom. The highest BCUT2D eigenvalue weighted by Crippen LogP contribution is 2.21. The summed E-state index contributed by atoms with van der Waals surface area (Å²) in [4.78, 5) is 21.7. The fourth-order valence-corrected chi connectivity index (χ4v) is 1.88. The van der Waals surface area contributed by atoms with E-state index >= 15 is 0 Å². The maximum atomic E-state index is 10.8. The monoisotopic (exact) mass is 270 g/mol. The van der Waals surface area contributed by atoms with Crippen molar-refractivity contribution in [2.45, 2.75) is 12.8 Å². The van der Waals surface area contributed by atoms with Crippen molar-refractivity contribution in [3.05, 3.63) is 33.8 Å². The van der Waals surface area contributed by atoms with Gasteiger partial charge in [0.2, 0.25) is 11.8 Å². The lowest BCUT2D eigenvalue weighted by molar-refractivity contribution is -0.118. The molecular weight excluding hydrogens is 260 g/mol. The molecule has 1 aromatic rings. The van der Waals surface area contributed by atoms with E-state index in [0.717, 1.165) is 15.6 Å². The molecule has 80 valence electrons. The number of carbonyl (C=O) groups excluding carboxylic acids is 2. The van der Waals surface area contributed by atoms with Crippen molar-refractivity contribution < 1.29 is 9.59 Å². The summed E-state index contributed by atoms with van der Waals surface area (Å²) in [7, 11) is 0. The molecule has 0 aromatic heterocycles. The molecule has 0 fully saturated rings. The molecule has 4 N–H and O–H groups in total. The maximum absolute atomic E-state index is 10.8. The minimum atomic E-state index is -0.437. The summed E-state index contributed by atoms with van der Waals surface area (Å²) in [5.41, 5.74) is 11.7. The molecule has 1 rings (SSSR count). The van der Waals surface area contributed by atoms with Crippen molar-refractivity contribution in [2.75, 3.05) is 0 Å². The van der Waals surface area contributed by atoms with Crippen LogP contribution in [0, 0.1) is 0 Å². The largest absolute Gasteiger partial charge is 0.369 e. The molecule has 0 saturated carbocycles. The molecule has 15 heavy (non-hydrogen) atoms. The van der Waals surface area contributed by atoms with Crippen LogP contribution in [0.25, 0.3) is 0 Å². The van der Waals surface area contributed by atoms with Gasteiger partial charge in [-0.2, -0.15) is 0 Å². The molecule has 0 bridgehead atoms. The van der Waals surface area contributed by atoms with E-state index in [1.807, 2.05) is 0 Å². The number of nitrogens with two attached hydrogens (primary N) is 2. The molecule has 2 amide bonds. The Morgan fingerprint density at radius 2 is 1.73 bits per heavy atom. The van der Waals surface area contributed by atoms with Gasteiger partial charge >= 0.3 is 0 Å². The van der Waals surface area contributed by atoms with Crippen LogP contribution in [0.3, 0.4) is 0 Å². The van der Waals surface area contributed by atoms with E-state index in [-0.39, 0.29) is 12.8 Å². The van der Waals surface area contributed by atoms with Crippen molar-refractivity contribution in [2.24, 2.45) is 11.5 Å². The predicted octanol–water partition coefficient (Wildman–Crippen LogP) is 0.505. The van der Waals surface area contributed by atoms with Crippen LogP contribution in [-0.2, 0) is 22.4 Å². The average molecular weight is 271 g/mol. The molecule has 5 heteroatoms. The van der Waals surface area contributed by atoms with Crippen molar-refractivity contribution in [3.8, 4) is 0 Å². The average Bonchev–Trinajstić information content (AvgIpc) is 2.09. The molecule has 0 spiro atoms. The van der Waals surface area contributed by atoms with Crippen LogP contribution in [0.5, 0.6) is 0 Å². The molecule has 0 heterocycles. The maximum Gasteiger partial charge on any atom is 0.221 e. The second kappa shape index (κ2) is 4.93. The highest BCUT2D eigenvalue weighted by molar-refractivity contribution is 9.10. The van der Waals surface area contributed by atoms with E-state index < -0.39 is 11.8 Å². The lowest BCUT2D eigenvalue weighted by Gasteiger charge is -2.08. The predicted molar refractivity (Wildman–Crippen MR) is 59.9 cm³/mol. The van der Waals surface area contributed by atoms with Crippen LogP contribution >= 0.6 is 15.9 Å². The Morgan fingerprint density at radius 1 is 1.13 bits per heavy atom. The Labute approximate surface area is 95.8 Å². The van der Waals surface area contributed by atoms with Gasteiger partial charge in [-0.1, -0.05) is 28.1 Å². The highest BCUT2D eigenvalue weighted by Gasteiger charge is 2.10. The van der Waals surface area contributed by atoms with Gasteiger partial charge in [-0.15, -0.1) is 0 Å². The Bertz CT molecular complexity index is 404. The zero-order chi connectivity index (χ0) is 11.4. The van der Waals surface area contributed by atoms with Crippen LogP contribution in [0.1, 0.15) is 11.1 Å². The second-order valence-corrected chi connectivity index (χ2v) is 4.02. The Balaban J connectivity index is 3.08. The minimum Gasteiger partial charge on any atom is -0.369 e. The van der Waals surface area contributed by atoms with Crippen molar-refractivity contribution in [1.82, 2.24) is 0 Å². The van der Waals surface area contributed by atoms with E-state index in [0.29, 0.717) is 0 Å². The third-order valence-electron chi connectivity index (χ3n) is 1.93. The number of carbonyl (C=O) groups is 2. The molecule has 0 aliphatic carbocycles. The first-order valence-electron chi connectivity index (χ1n) is 4.33. The summed E-state index contributed by atoms with van der Waals surface area (Å²) in [5, 5.41) is 0. The fraction of sp³-hybridized carbons (Fsp3) is 0.200. The van der Waals surface area contributed by atoms with Gasteiger partial charge in [0.05, 0.1) is 12.8 Å². The SMILES string of the molecule is NC(=O)Cc1cccc(Br)c1CC(N)=O. The number of amides is 2.